The minimum atomic E-state index is -0.364. The summed E-state index contributed by atoms with van der Waals surface area (Å²) in [5.74, 6) is -0.0581. The Morgan fingerprint density at radius 3 is 2.31 bits per heavy atom. The summed E-state index contributed by atoms with van der Waals surface area (Å²) >= 11 is 0. The summed E-state index contributed by atoms with van der Waals surface area (Å²) in [6, 6.07) is 24.2. The van der Waals surface area contributed by atoms with E-state index in [0.29, 0.717) is 13.1 Å². The number of fused-ring (bicyclic) bond motifs is 3. The number of urea groups is 1. The van der Waals surface area contributed by atoms with Crippen molar-refractivity contribution in [1.82, 2.24) is 10.2 Å². The van der Waals surface area contributed by atoms with Crippen LogP contribution in [0.3, 0.4) is 0 Å². The van der Waals surface area contributed by atoms with Gasteiger partial charge in [0, 0.05) is 37.6 Å². The highest BCUT2D eigenvalue weighted by molar-refractivity contribution is 5.93. The molecule has 1 aliphatic carbocycles. The van der Waals surface area contributed by atoms with Gasteiger partial charge in [0.25, 0.3) is 0 Å². The van der Waals surface area contributed by atoms with Crippen molar-refractivity contribution in [3.05, 3.63) is 83.9 Å². The van der Waals surface area contributed by atoms with Crippen LogP contribution >= 0.6 is 0 Å². The third-order valence-corrected chi connectivity index (χ3v) is 6.21. The van der Waals surface area contributed by atoms with Crippen LogP contribution in [0.1, 0.15) is 11.1 Å². The van der Waals surface area contributed by atoms with Gasteiger partial charge in [-0.2, -0.15) is 0 Å². The van der Waals surface area contributed by atoms with Crippen LogP contribution in [0.5, 0.6) is 0 Å². The fourth-order valence-corrected chi connectivity index (χ4v) is 4.52. The second-order valence-corrected chi connectivity index (χ2v) is 8.22. The van der Waals surface area contributed by atoms with Gasteiger partial charge in [-0.05, 0) is 52.9 Å². The Morgan fingerprint density at radius 1 is 0.781 bits per heavy atom. The molecule has 1 aliphatic heterocycles. The van der Waals surface area contributed by atoms with Gasteiger partial charge in [0.2, 0.25) is 5.91 Å². The lowest BCUT2D eigenvalue weighted by Gasteiger charge is -2.36. The van der Waals surface area contributed by atoms with Gasteiger partial charge in [0.05, 0.1) is 6.54 Å². The quantitative estimate of drug-likeness (QED) is 0.523. The molecule has 6 nitrogen and oxygen atoms in total. The number of carbonyl (C=O) groups excluding carboxylic acids is 2. The summed E-state index contributed by atoms with van der Waals surface area (Å²) in [4.78, 5) is 29.0. The Balaban J connectivity index is 1.10. The minimum Gasteiger partial charge on any atom is -0.368 e. The van der Waals surface area contributed by atoms with E-state index in [2.05, 4.69) is 45.9 Å². The van der Waals surface area contributed by atoms with E-state index in [-0.39, 0.29) is 18.5 Å². The van der Waals surface area contributed by atoms with E-state index in [0.717, 1.165) is 25.2 Å². The van der Waals surface area contributed by atoms with Gasteiger partial charge in [-0.25, -0.2) is 4.79 Å². The number of nitrogens with zero attached hydrogens (tertiary/aromatic N) is 2. The fraction of sp³-hybridized carbons (Fsp3) is 0.231. The first-order valence-corrected chi connectivity index (χ1v) is 11.0. The van der Waals surface area contributed by atoms with Gasteiger partial charge in [-0.15, -0.1) is 0 Å². The molecule has 0 unspecified atom stereocenters. The van der Waals surface area contributed by atoms with Crippen molar-refractivity contribution >= 4 is 23.3 Å². The third-order valence-electron chi connectivity index (χ3n) is 6.21. The molecule has 0 saturated carbocycles. The summed E-state index contributed by atoms with van der Waals surface area (Å²) < 4.78 is 0. The summed E-state index contributed by atoms with van der Waals surface area (Å²) in [5.41, 5.74) is 6.90. The summed E-state index contributed by atoms with van der Waals surface area (Å²) in [6.07, 6.45) is 0.871. The molecular formula is C26H26N4O2. The molecule has 1 saturated heterocycles. The Kier molecular flexibility index (Phi) is 5.50. The molecule has 1 heterocycles. The second kappa shape index (κ2) is 8.75. The Morgan fingerprint density at radius 2 is 1.50 bits per heavy atom. The molecule has 0 radical (unpaired) electrons. The first kappa shape index (κ1) is 20.1. The Hall–Kier alpha value is -3.80. The number of amides is 3. The number of benzene rings is 3. The number of para-hydroxylation sites is 1. The van der Waals surface area contributed by atoms with Gasteiger partial charge in [-0.3, -0.25) is 4.79 Å². The molecule has 2 aliphatic rings. The summed E-state index contributed by atoms with van der Waals surface area (Å²) in [5, 5.41) is 5.56. The van der Waals surface area contributed by atoms with E-state index in [4.69, 9.17) is 0 Å². The summed E-state index contributed by atoms with van der Waals surface area (Å²) in [7, 11) is 0. The van der Waals surface area contributed by atoms with Crippen LogP contribution in [0.2, 0.25) is 0 Å². The van der Waals surface area contributed by atoms with E-state index < -0.39 is 0 Å². The third kappa shape index (κ3) is 4.17. The lowest BCUT2D eigenvalue weighted by molar-refractivity contribution is -0.130. The van der Waals surface area contributed by atoms with Crippen LogP contribution in [0, 0.1) is 0 Å². The standard InChI is InChI=1S/C26H26N4O2/c31-25(30-14-12-29(13-15-30)22-7-2-1-3-8-22)18-27-26(32)28-21-10-11-24-20(17-21)16-19-6-4-5-9-23(19)24/h1-11,17H,12-16,18H2,(H2,27,28,32). The molecule has 0 spiro atoms. The van der Waals surface area contributed by atoms with Gasteiger partial charge in [0.1, 0.15) is 0 Å². The maximum atomic E-state index is 12.5. The van der Waals surface area contributed by atoms with E-state index in [1.165, 1.54) is 27.9 Å². The van der Waals surface area contributed by atoms with Crippen LogP contribution < -0.4 is 15.5 Å². The molecule has 2 N–H and O–H groups in total. The van der Waals surface area contributed by atoms with Crippen LogP contribution in [-0.4, -0.2) is 49.6 Å². The lowest BCUT2D eigenvalue weighted by atomic mass is 10.1. The Labute approximate surface area is 187 Å². The smallest absolute Gasteiger partial charge is 0.319 e. The van der Waals surface area contributed by atoms with Gasteiger partial charge >= 0.3 is 6.03 Å². The number of carbonyl (C=O) groups is 2. The molecular weight excluding hydrogens is 400 g/mol. The summed E-state index contributed by atoms with van der Waals surface area (Å²) in [6.45, 7) is 2.89. The molecule has 0 aromatic heterocycles. The van der Waals surface area contributed by atoms with Crippen LogP contribution in [0.15, 0.2) is 72.8 Å². The van der Waals surface area contributed by atoms with Crippen molar-refractivity contribution in [2.45, 2.75) is 6.42 Å². The van der Waals surface area contributed by atoms with Crippen LogP contribution in [0.4, 0.5) is 16.2 Å². The number of nitrogens with one attached hydrogen (secondary N) is 2. The van der Waals surface area contributed by atoms with Crippen molar-refractivity contribution in [3.8, 4) is 11.1 Å². The molecule has 1 fully saturated rings. The van der Waals surface area contributed by atoms with Crippen LogP contribution in [-0.2, 0) is 11.2 Å². The van der Waals surface area contributed by atoms with Gasteiger partial charge < -0.3 is 20.4 Å². The van der Waals surface area contributed by atoms with Crippen molar-refractivity contribution in [1.29, 1.82) is 0 Å². The zero-order valence-corrected chi connectivity index (χ0v) is 17.9. The Bertz CT molecular complexity index is 1140. The highest BCUT2D eigenvalue weighted by atomic mass is 16.2. The average molecular weight is 427 g/mol. The zero-order valence-electron chi connectivity index (χ0n) is 17.9. The molecule has 0 bridgehead atoms. The molecule has 6 heteroatoms. The molecule has 3 aromatic rings. The van der Waals surface area contributed by atoms with E-state index in [1.807, 2.05) is 47.4 Å². The number of piperazine rings is 1. The number of rotatable bonds is 4. The predicted molar refractivity (Wildman–Crippen MR) is 127 cm³/mol. The lowest BCUT2D eigenvalue weighted by Crippen LogP contribution is -2.51. The second-order valence-electron chi connectivity index (χ2n) is 8.22. The number of anilines is 2. The maximum absolute atomic E-state index is 12.5. The molecule has 32 heavy (non-hydrogen) atoms. The SMILES string of the molecule is O=C(NCC(=O)N1CCN(c2ccccc2)CC1)Nc1ccc2c(c1)Cc1ccccc1-2. The van der Waals surface area contributed by atoms with Crippen molar-refractivity contribution in [3.63, 3.8) is 0 Å². The fourth-order valence-electron chi connectivity index (χ4n) is 4.52. The van der Waals surface area contributed by atoms with Crippen molar-refractivity contribution in [2.24, 2.45) is 0 Å². The zero-order chi connectivity index (χ0) is 21.9. The number of hydrogen-bond donors (Lipinski definition) is 2. The highest BCUT2D eigenvalue weighted by Gasteiger charge is 2.22. The molecule has 0 atom stereocenters. The van der Waals surface area contributed by atoms with E-state index in [9.17, 15) is 9.59 Å². The molecule has 3 amide bonds. The van der Waals surface area contributed by atoms with Gasteiger partial charge in [-0.1, -0.05) is 48.5 Å². The molecule has 5 rings (SSSR count). The largest absolute Gasteiger partial charge is 0.368 e. The number of hydrogen-bond acceptors (Lipinski definition) is 3. The van der Waals surface area contributed by atoms with Crippen LogP contribution in [0.25, 0.3) is 11.1 Å². The van der Waals surface area contributed by atoms with Crippen molar-refractivity contribution < 1.29 is 9.59 Å². The monoisotopic (exact) mass is 426 g/mol. The first-order chi connectivity index (χ1) is 15.7. The predicted octanol–water partition coefficient (Wildman–Crippen LogP) is 3.73. The normalized spacial score (nSPS) is 14.5. The molecule has 162 valence electrons. The van der Waals surface area contributed by atoms with E-state index >= 15 is 0 Å². The highest BCUT2D eigenvalue weighted by Crippen LogP contribution is 2.37. The minimum absolute atomic E-state index is 0.00640. The maximum Gasteiger partial charge on any atom is 0.319 e. The average Bonchev–Trinajstić information content (AvgIpc) is 3.21. The van der Waals surface area contributed by atoms with E-state index in [1.54, 1.807) is 0 Å². The van der Waals surface area contributed by atoms with Gasteiger partial charge in [0.15, 0.2) is 0 Å². The van der Waals surface area contributed by atoms with Crippen molar-refractivity contribution in [2.75, 3.05) is 42.9 Å². The molecule has 3 aromatic carbocycles. The topological polar surface area (TPSA) is 64.7 Å². The first-order valence-electron chi connectivity index (χ1n) is 11.0.